The third-order valence-electron chi connectivity index (χ3n) is 2.58. The van der Waals surface area contributed by atoms with E-state index in [1.165, 1.54) is 18.4 Å². The molecule has 18 heavy (non-hydrogen) atoms. The van der Waals surface area contributed by atoms with Crippen molar-refractivity contribution in [2.24, 2.45) is 0 Å². The Hall–Kier alpha value is -2.21. The van der Waals surface area contributed by atoms with Crippen molar-refractivity contribution in [2.75, 3.05) is 7.11 Å². The summed E-state index contributed by atoms with van der Waals surface area (Å²) in [5.41, 5.74) is 0.915. The zero-order chi connectivity index (χ0) is 12.5. The lowest BCUT2D eigenvalue weighted by atomic mass is 10.2. The minimum absolute atomic E-state index is 0.307. The molecule has 0 unspecified atom stereocenters. The minimum Gasteiger partial charge on any atom is -0.465 e. The van der Waals surface area contributed by atoms with Crippen LogP contribution in [0.15, 0.2) is 36.7 Å². The Morgan fingerprint density at radius 1 is 1.39 bits per heavy atom. The number of ether oxygens (including phenoxy) is 1. The number of fused-ring (bicyclic) bond motifs is 1. The van der Waals surface area contributed by atoms with E-state index >= 15 is 0 Å². The molecule has 2 heterocycles. The fourth-order valence-corrected chi connectivity index (χ4v) is 2.72. The monoisotopic (exact) mass is 259 g/mol. The SMILES string of the molecule is COC(=O)c1cc2ccc(-n3ccnn3)cc2s1. The van der Waals surface area contributed by atoms with Gasteiger partial charge in [0.1, 0.15) is 4.88 Å². The average molecular weight is 259 g/mol. The normalized spacial score (nSPS) is 10.7. The summed E-state index contributed by atoms with van der Waals surface area (Å²) in [6, 6.07) is 7.69. The first-order valence-corrected chi connectivity index (χ1v) is 6.08. The maximum Gasteiger partial charge on any atom is 0.348 e. The van der Waals surface area contributed by atoms with Gasteiger partial charge in [-0.3, -0.25) is 0 Å². The first-order valence-electron chi connectivity index (χ1n) is 5.26. The van der Waals surface area contributed by atoms with Gasteiger partial charge in [0, 0.05) is 4.70 Å². The number of hydrogen-bond donors (Lipinski definition) is 0. The molecule has 0 saturated heterocycles. The van der Waals surface area contributed by atoms with Crippen molar-refractivity contribution >= 4 is 27.4 Å². The number of aromatic nitrogens is 3. The van der Waals surface area contributed by atoms with E-state index in [-0.39, 0.29) is 5.97 Å². The van der Waals surface area contributed by atoms with Gasteiger partial charge >= 0.3 is 5.97 Å². The van der Waals surface area contributed by atoms with E-state index in [1.807, 2.05) is 24.3 Å². The Kier molecular flexibility index (Phi) is 2.56. The van der Waals surface area contributed by atoms with Crippen LogP contribution in [0, 0.1) is 0 Å². The van der Waals surface area contributed by atoms with Crippen molar-refractivity contribution in [3.63, 3.8) is 0 Å². The van der Waals surface area contributed by atoms with Crippen molar-refractivity contribution in [2.45, 2.75) is 0 Å². The quantitative estimate of drug-likeness (QED) is 0.662. The second-order valence-electron chi connectivity index (χ2n) is 3.67. The first-order chi connectivity index (χ1) is 8.78. The number of esters is 1. The smallest absolute Gasteiger partial charge is 0.348 e. The third kappa shape index (κ3) is 1.76. The predicted molar refractivity (Wildman–Crippen MR) is 68.1 cm³/mol. The first kappa shape index (κ1) is 10.9. The molecule has 6 heteroatoms. The van der Waals surface area contributed by atoms with E-state index in [2.05, 4.69) is 10.3 Å². The molecule has 0 atom stereocenters. The van der Waals surface area contributed by atoms with Gasteiger partial charge in [0.2, 0.25) is 0 Å². The highest BCUT2D eigenvalue weighted by Crippen LogP contribution is 2.28. The van der Waals surface area contributed by atoms with Crippen LogP contribution in [0.5, 0.6) is 0 Å². The molecule has 0 N–H and O–H groups in total. The highest BCUT2D eigenvalue weighted by Gasteiger charge is 2.10. The maximum absolute atomic E-state index is 11.5. The van der Waals surface area contributed by atoms with Crippen molar-refractivity contribution < 1.29 is 9.53 Å². The highest BCUT2D eigenvalue weighted by atomic mass is 32.1. The molecule has 0 amide bonds. The summed E-state index contributed by atoms with van der Waals surface area (Å²) in [5, 5.41) is 8.72. The molecule has 0 aliphatic heterocycles. The van der Waals surface area contributed by atoms with Crippen molar-refractivity contribution in [1.82, 2.24) is 15.0 Å². The lowest BCUT2D eigenvalue weighted by Crippen LogP contribution is -1.96. The van der Waals surface area contributed by atoms with Crippen LogP contribution >= 0.6 is 11.3 Å². The summed E-state index contributed by atoms with van der Waals surface area (Å²) < 4.78 is 7.41. The molecule has 0 aliphatic carbocycles. The lowest BCUT2D eigenvalue weighted by Gasteiger charge is -1.98. The van der Waals surface area contributed by atoms with Crippen LogP contribution in [0.3, 0.4) is 0 Å². The summed E-state index contributed by atoms with van der Waals surface area (Å²) in [6.07, 6.45) is 3.40. The number of nitrogens with zero attached hydrogens (tertiary/aromatic N) is 3. The Morgan fingerprint density at radius 2 is 2.28 bits per heavy atom. The molecule has 5 nitrogen and oxygen atoms in total. The van der Waals surface area contributed by atoms with Crippen molar-refractivity contribution in [3.8, 4) is 5.69 Å². The molecular formula is C12H9N3O2S. The number of carbonyl (C=O) groups excluding carboxylic acids is 1. The van der Waals surface area contributed by atoms with E-state index in [0.717, 1.165) is 15.8 Å². The van der Waals surface area contributed by atoms with Gasteiger partial charge in [-0.1, -0.05) is 11.3 Å². The van der Waals surface area contributed by atoms with Crippen LogP contribution in [0.25, 0.3) is 15.8 Å². The number of benzene rings is 1. The second-order valence-corrected chi connectivity index (χ2v) is 4.76. The van der Waals surface area contributed by atoms with Crippen molar-refractivity contribution in [1.29, 1.82) is 0 Å². The van der Waals surface area contributed by atoms with Gasteiger partial charge in [0.05, 0.1) is 25.2 Å². The topological polar surface area (TPSA) is 57.0 Å². The maximum atomic E-state index is 11.5. The molecule has 2 aromatic heterocycles. The predicted octanol–water partition coefficient (Wildman–Crippen LogP) is 2.27. The summed E-state index contributed by atoms with van der Waals surface area (Å²) in [5.74, 6) is -0.307. The fourth-order valence-electron chi connectivity index (χ4n) is 1.71. The van der Waals surface area contributed by atoms with E-state index in [9.17, 15) is 4.79 Å². The van der Waals surface area contributed by atoms with Crippen LogP contribution < -0.4 is 0 Å². The van der Waals surface area contributed by atoms with Gasteiger partial charge < -0.3 is 4.74 Å². The van der Waals surface area contributed by atoms with Gasteiger partial charge in [-0.2, -0.15) is 0 Å². The molecule has 0 bridgehead atoms. The number of hydrogen-bond acceptors (Lipinski definition) is 5. The highest BCUT2D eigenvalue weighted by molar-refractivity contribution is 7.20. The number of methoxy groups -OCH3 is 1. The number of rotatable bonds is 2. The summed E-state index contributed by atoms with van der Waals surface area (Å²) in [4.78, 5) is 12.1. The molecule has 0 spiro atoms. The Balaban J connectivity index is 2.10. The lowest BCUT2D eigenvalue weighted by molar-refractivity contribution is 0.0606. The molecular weight excluding hydrogens is 250 g/mol. The average Bonchev–Trinajstić information content (AvgIpc) is 3.05. The zero-order valence-corrected chi connectivity index (χ0v) is 10.3. The molecule has 0 radical (unpaired) electrons. The zero-order valence-electron chi connectivity index (χ0n) is 9.53. The van der Waals surface area contributed by atoms with Crippen LogP contribution in [-0.4, -0.2) is 28.1 Å². The standard InChI is InChI=1S/C12H9N3O2S/c1-17-12(16)11-6-8-2-3-9(7-10(8)18-11)15-5-4-13-14-15/h2-7H,1H3. The summed E-state index contributed by atoms with van der Waals surface area (Å²) >= 11 is 1.41. The minimum atomic E-state index is -0.307. The Labute approximate surface area is 107 Å². The van der Waals surface area contributed by atoms with E-state index in [1.54, 1.807) is 17.1 Å². The summed E-state index contributed by atoms with van der Waals surface area (Å²) in [6.45, 7) is 0. The van der Waals surface area contributed by atoms with Gasteiger partial charge in [0.25, 0.3) is 0 Å². The number of thiophene rings is 1. The van der Waals surface area contributed by atoms with Crippen LogP contribution in [-0.2, 0) is 4.74 Å². The Bertz CT molecular complexity index is 703. The van der Waals surface area contributed by atoms with E-state index in [4.69, 9.17) is 4.74 Å². The largest absolute Gasteiger partial charge is 0.465 e. The van der Waals surface area contributed by atoms with Gasteiger partial charge in [-0.05, 0) is 23.6 Å². The second kappa shape index (κ2) is 4.23. The fraction of sp³-hybridized carbons (Fsp3) is 0.0833. The van der Waals surface area contributed by atoms with Crippen LogP contribution in [0.1, 0.15) is 9.67 Å². The van der Waals surface area contributed by atoms with Gasteiger partial charge in [-0.15, -0.1) is 16.4 Å². The molecule has 1 aromatic carbocycles. The van der Waals surface area contributed by atoms with Crippen LogP contribution in [0.4, 0.5) is 0 Å². The molecule has 0 aliphatic rings. The number of carbonyl (C=O) groups is 1. The molecule has 0 saturated carbocycles. The van der Waals surface area contributed by atoms with Gasteiger partial charge in [0.15, 0.2) is 0 Å². The van der Waals surface area contributed by atoms with Crippen molar-refractivity contribution in [3.05, 3.63) is 41.5 Å². The third-order valence-corrected chi connectivity index (χ3v) is 3.66. The van der Waals surface area contributed by atoms with Crippen LogP contribution in [0.2, 0.25) is 0 Å². The molecule has 3 rings (SSSR count). The van der Waals surface area contributed by atoms with E-state index < -0.39 is 0 Å². The summed E-state index contributed by atoms with van der Waals surface area (Å²) in [7, 11) is 1.38. The molecule has 3 aromatic rings. The Morgan fingerprint density at radius 3 is 3.00 bits per heavy atom. The molecule has 90 valence electrons. The van der Waals surface area contributed by atoms with E-state index in [0.29, 0.717) is 4.88 Å². The molecule has 0 fully saturated rings. The van der Waals surface area contributed by atoms with Gasteiger partial charge in [-0.25, -0.2) is 9.48 Å².